The molecule has 0 radical (unpaired) electrons. The first kappa shape index (κ1) is 12.8. The highest BCUT2D eigenvalue weighted by Crippen LogP contribution is 2.32. The molecule has 3 heteroatoms. The van der Waals surface area contributed by atoms with Gasteiger partial charge in [-0.25, -0.2) is 4.98 Å². The van der Waals surface area contributed by atoms with Gasteiger partial charge in [-0.05, 0) is 25.8 Å². The Labute approximate surface area is 115 Å². The first-order chi connectivity index (χ1) is 8.22. The summed E-state index contributed by atoms with van der Waals surface area (Å²) in [5, 5.41) is 1.26. The highest BCUT2D eigenvalue weighted by molar-refractivity contribution is 9.10. The van der Waals surface area contributed by atoms with Crippen LogP contribution < -0.4 is 0 Å². The lowest BCUT2D eigenvalue weighted by Crippen LogP contribution is -1.85. The Morgan fingerprint density at radius 1 is 1.29 bits per heavy atom. The molecule has 0 spiro atoms. The van der Waals surface area contributed by atoms with E-state index in [-0.39, 0.29) is 0 Å². The van der Waals surface area contributed by atoms with Crippen LogP contribution in [0.4, 0.5) is 0 Å². The van der Waals surface area contributed by atoms with Gasteiger partial charge in [-0.15, -0.1) is 11.3 Å². The van der Waals surface area contributed by atoms with Crippen LogP contribution in [0.1, 0.15) is 29.7 Å². The molecule has 1 nitrogen and oxygen atoms in total. The van der Waals surface area contributed by atoms with Gasteiger partial charge in [0.15, 0.2) is 0 Å². The van der Waals surface area contributed by atoms with Crippen LogP contribution in [-0.2, 0) is 6.42 Å². The second-order valence-electron chi connectivity index (χ2n) is 4.10. The van der Waals surface area contributed by atoms with Gasteiger partial charge in [0.25, 0.3) is 0 Å². The summed E-state index contributed by atoms with van der Waals surface area (Å²) in [5.41, 5.74) is 2.33. The number of nitrogens with zero attached hydrogens (tertiary/aromatic N) is 1. The molecule has 0 aliphatic rings. The normalized spacial score (nSPS) is 10.8. The van der Waals surface area contributed by atoms with Crippen LogP contribution >= 0.6 is 27.3 Å². The predicted molar refractivity (Wildman–Crippen MR) is 78.6 cm³/mol. The minimum Gasteiger partial charge on any atom is -0.241 e. The molecule has 90 valence electrons. The summed E-state index contributed by atoms with van der Waals surface area (Å²) in [4.78, 5) is 6.08. The maximum absolute atomic E-state index is 4.77. The number of halogens is 1. The molecule has 0 bridgehead atoms. The summed E-state index contributed by atoms with van der Waals surface area (Å²) >= 11 is 5.42. The molecule has 1 heterocycles. The molecule has 0 unspecified atom stereocenters. The molecule has 1 aromatic heterocycles. The van der Waals surface area contributed by atoms with Crippen molar-refractivity contribution in [3.05, 3.63) is 38.6 Å². The average Bonchev–Trinajstić information content (AvgIpc) is 2.68. The van der Waals surface area contributed by atoms with Crippen LogP contribution in [0.15, 0.2) is 28.7 Å². The Hall–Kier alpha value is -0.670. The topological polar surface area (TPSA) is 12.9 Å². The van der Waals surface area contributed by atoms with Crippen molar-refractivity contribution in [1.82, 2.24) is 4.98 Å². The number of aromatic nitrogens is 1. The average molecular weight is 310 g/mol. The first-order valence-corrected chi connectivity index (χ1v) is 7.54. The number of benzene rings is 1. The monoisotopic (exact) mass is 309 g/mol. The van der Waals surface area contributed by atoms with Crippen molar-refractivity contribution in [3.8, 4) is 11.3 Å². The zero-order valence-corrected chi connectivity index (χ0v) is 12.6. The van der Waals surface area contributed by atoms with Crippen molar-refractivity contribution in [1.29, 1.82) is 0 Å². The smallest absolute Gasteiger partial charge is 0.0935 e. The minimum atomic E-state index is 1.10. The molecule has 0 amide bonds. The summed E-state index contributed by atoms with van der Waals surface area (Å²) in [6.07, 6.45) is 3.55. The Morgan fingerprint density at radius 2 is 2.06 bits per heavy atom. The van der Waals surface area contributed by atoms with Crippen molar-refractivity contribution in [2.75, 3.05) is 0 Å². The van der Waals surface area contributed by atoms with Crippen molar-refractivity contribution in [2.24, 2.45) is 0 Å². The van der Waals surface area contributed by atoms with Crippen LogP contribution in [0, 0.1) is 6.92 Å². The standard InChI is InChI=1S/C14H16BrNS/c1-3-4-9-13-16-14(10(2)17-13)11-7-5-6-8-12(11)15/h5-8H,3-4,9H2,1-2H3. The number of rotatable bonds is 4. The summed E-state index contributed by atoms with van der Waals surface area (Å²) < 4.78 is 1.12. The molecule has 0 aliphatic carbocycles. The molecular formula is C14H16BrNS. The lowest BCUT2D eigenvalue weighted by molar-refractivity contribution is 0.790. The second kappa shape index (κ2) is 5.78. The third kappa shape index (κ3) is 2.96. The van der Waals surface area contributed by atoms with E-state index in [4.69, 9.17) is 4.98 Å². The highest BCUT2D eigenvalue weighted by atomic mass is 79.9. The van der Waals surface area contributed by atoms with E-state index in [0.29, 0.717) is 0 Å². The van der Waals surface area contributed by atoms with Crippen LogP contribution in [0.3, 0.4) is 0 Å². The van der Waals surface area contributed by atoms with Gasteiger partial charge in [-0.2, -0.15) is 0 Å². The van der Waals surface area contributed by atoms with Crippen LogP contribution in [0.5, 0.6) is 0 Å². The van der Waals surface area contributed by atoms with Gasteiger partial charge in [-0.3, -0.25) is 0 Å². The lowest BCUT2D eigenvalue weighted by Gasteiger charge is -2.01. The molecule has 0 N–H and O–H groups in total. The van der Waals surface area contributed by atoms with Gasteiger partial charge in [0, 0.05) is 14.9 Å². The molecule has 0 saturated carbocycles. The molecule has 0 fully saturated rings. The van der Waals surface area contributed by atoms with Gasteiger partial charge in [0.1, 0.15) is 0 Å². The van der Waals surface area contributed by atoms with E-state index in [1.54, 1.807) is 0 Å². The Balaban J connectivity index is 2.33. The number of thiazole rings is 1. The largest absolute Gasteiger partial charge is 0.241 e. The number of hydrogen-bond donors (Lipinski definition) is 0. The van der Waals surface area contributed by atoms with Gasteiger partial charge in [0.05, 0.1) is 10.7 Å². The fourth-order valence-corrected chi connectivity index (χ4v) is 3.25. The van der Waals surface area contributed by atoms with E-state index in [1.165, 1.54) is 28.3 Å². The van der Waals surface area contributed by atoms with Gasteiger partial charge < -0.3 is 0 Å². The van der Waals surface area contributed by atoms with Crippen LogP contribution in [0.25, 0.3) is 11.3 Å². The van der Waals surface area contributed by atoms with E-state index in [2.05, 4.69) is 48.0 Å². The zero-order chi connectivity index (χ0) is 12.3. The maximum Gasteiger partial charge on any atom is 0.0935 e. The van der Waals surface area contributed by atoms with E-state index in [0.717, 1.165) is 16.6 Å². The third-order valence-electron chi connectivity index (χ3n) is 2.71. The highest BCUT2D eigenvalue weighted by Gasteiger charge is 2.11. The van der Waals surface area contributed by atoms with Crippen molar-refractivity contribution in [2.45, 2.75) is 33.1 Å². The SMILES string of the molecule is CCCCc1nc(-c2ccccc2Br)c(C)s1. The van der Waals surface area contributed by atoms with Gasteiger partial charge in [0.2, 0.25) is 0 Å². The quantitative estimate of drug-likeness (QED) is 0.754. The van der Waals surface area contributed by atoms with Gasteiger partial charge >= 0.3 is 0 Å². The summed E-state index contributed by atoms with van der Waals surface area (Å²) in [7, 11) is 0. The number of unbranched alkanes of at least 4 members (excludes halogenated alkanes) is 1. The molecule has 2 rings (SSSR count). The molecule has 17 heavy (non-hydrogen) atoms. The molecule has 0 aliphatic heterocycles. The van der Waals surface area contributed by atoms with Crippen molar-refractivity contribution >= 4 is 27.3 Å². The van der Waals surface area contributed by atoms with E-state index < -0.39 is 0 Å². The first-order valence-electron chi connectivity index (χ1n) is 5.93. The summed E-state index contributed by atoms with van der Waals surface area (Å²) in [5.74, 6) is 0. The maximum atomic E-state index is 4.77. The predicted octanol–water partition coefficient (Wildman–Crippen LogP) is 5.22. The summed E-state index contributed by atoms with van der Waals surface area (Å²) in [6.45, 7) is 4.37. The molecule has 0 saturated heterocycles. The minimum absolute atomic E-state index is 1.10. The van der Waals surface area contributed by atoms with E-state index in [9.17, 15) is 0 Å². The summed E-state index contributed by atoms with van der Waals surface area (Å²) in [6, 6.07) is 8.29. The zero-order valence-electron chi connectivity index (χ0n) is 10.2. The Bertz CT molecular complexity index is 505. The molecule has 1 aromatic carbocycles. The lowest BCUT2D eigenvalue weighted by atomic mass is 10.1. The van der Waals surface area contributed by atoms with Crippen LogP contribution in [-0.4, -0.2) is 4.98 Å². The van der Waals surface area contributed by atoms with Crippen molar-refractivity contribution < 1.29 is 0 Å². The van der Waals surface area contributed by atoms with E-state index in [1.807, 2.05) is 17.4 Å². The second-order valence-corrected chi connectivity index (χ2v) is 6.24. The molecule has 0 atom stereocenters. The number of aryl methyl sites for hydroxylation is 2. The fraction of sp³-hybridized carbons (Fsp3) is 0.357. The third-order valence-corrected chi connectivity index (χ3v) is 4.44. The fourth-order valence-electron chi connectivity index (χ4n) is 1.79. The Morgan fingerprint density at radius 3 is 2.76 bits per heavy atom. The van der Waals surface area contributed by atoms with E-state index >= 15 is 0 Å². The molecular weight excluding hydrogens is 294 g/mol. The van der Waals surface area contributed by atoms with Gasteiger partial charge in [-0.1, -0.05) is 47.5 Å². The molecule has 2 aromatic rings. The van der Waals surface area contributed by atoms with Crippen LogP contribution in [0.2, 0.25) is 0 Å². The number of hydrogen-bond acceptors (Lipinski definition) is 2. The Kier molecular flexibility index (Phi) is 4.35. The van der Waals surface area contributed by atoms with Crippen molar-refractivity contribution in [3.63, 3.8) is 0 Å².